The fourth-order valence-corrected chi connectivity index (χ4v) is 6.70. The summed E-state index contributed by atoms with van der Waals surface area (Å²) in [5, 5.41) is 8.58. The third-order valence-corrected chi connectivity index (χ3v) is 8.50. The van der Waals surface area contributed by atoms with E-state index < -0.39 is 70.2 Å². The van der Waals surface area contributed by atoms with Gasteiger partial charge >= 0.3 is 6.36 Å². The van der Waals surface area contributed by atoms with Crippen molar-refractivity contribution in [2.75, 3.05) is 10.6 Å². The van der Waals surface area contributed by atoms with Gasteiger partial charge in [-0.2, -0.15) is 0 Å². The first-order valence-electron chi connectivity index (χ1n) is 13.7. The van der Waals surface area contributed by atoms with Crippen molar-refractivity contribution in [2.24, 2.45) is 11.1 Å². The highest BCUT2D eigenvalue weighted by atomic mass is 35.5. The molecule has 0 aromatic heterocycles. The Balaban J connectivity index is 1.70. The maximum atomic E-state index is 15.9. The number of alkyl halides is 3. The fourth-order valence-electron chi connectivity index (χ4n) is 6.35. The van der Waals surface area contributed by atoms with Crippen molar-refractivity contribution >= 4 is 52.3 Å². The molecule has 4 atom stereocenters. The zero-order valence-corrected chi connectivity index (χ0v) is 25.6. The first-order chi connectivity index (χ1) is 20.9. The van der Waals surface area contributed by atoms with Crippen molar-refractivity contribution in [3.05, 3.63) is 87.2 Å². The molecule has 0 aliphatic carbocycles. The summed E-state index contributed by atoms with van der Waals surface area (Å²) in [6.45, 7) is 5.80. The molecule has 2 aliphatic heterocycles. The van der Waals surface area contributed by atoms with Crippen LogP contribution in [0.2, 0.25) is 10.0 Å². The molecule has 45 heavy (non-hydrogen) atoms. The predicted molar refractivity (Wildman–Crippen MR) is 161 cm³/mol. The van der Waals surface area contributed by atoms with Gasteiger partial charge in [-0.15, -0.1) is 13.2 Å². The first kappa shape index (κ1) is 32.5. The number of anilines is 2. The molecule has 0 bridgehead atoms. The summed E-state index contributed by atoms with van der Waals surface area (Å²) in [6.07, 6.45) is -4.86. The van der Waals surface area contributed by atoms with Crippen LogP contribution in [0.3, 0.4) is 0 Å². The first-order valence-corrected chi connectivity index (χ1v) is 14.5. The van der Waals surface area contributed by atoms with E-state index in [0.29, 0.717) is 22.7 Å². The third kappa shape index (κ3) is 6.06. The Morgan fingerprint density at radius 2 is 1.78 bits per heavy atom. The normalized spacial score (nSPS) is 22.7. The minimum atomic E-state index is -5.18. The van der Waals surface area contributed by atoms with Gasteiger partial charge in [-0.1, -0.05) is 62.2 Å². The van der Waals surface area contributed by atoms with Crippen LogP contribution in [-0.4, -0.2) is 36.2 Å². The van der Waals surface area contributed by atoms with Crippen molar-refractivity contribution in [3.63, 3.8) is 0 Å². The molecule has 1 saturated heterocycles. The lowest BCUT2D eigenvalue weighted by atomic mass is 9.62. The number of hydrogen-bond donors (Lipinski definition) is 4. The van der Waals surface area contributed by atoms with Crippen LogP contribution in [0, 0.1) is 11.2 Å². The SMILES string of the molecule is CC(C)(C)CC1NC(C(=O)Nc2ccc(C(N)=O)cc2OC(F)(F)F)C(c2cccc(Cl)c2F)C12C(=O)Nc1cc(Cl)ccc12. The molecule has 0 radical (unpaired) electrons. The smallest absolute Gasteiger partial charge is 0.404 e. The average Bonchev–Trinajstić information content (AvgIpc) is 3.39. The van der Waals surface area contributed by atoms with Crippen LogP contribution in [0.5, 0.6) is 5.75 Å². The maximum absolute atomic E-state index is 15.9. The second-order valence-electron chi connectivity index (χ2n) is 12.2. The molecule has 4 unspecified atom stereocenters. The number of ether oxygens (including phenoxy) is 1. The Kier molecular flexibility index (Phi) is 8.30. The Hall–Kier alpha value is -3.87. The lowest BCUT2D eigenvalue weighted by Gasteiger charge is -2.37. The number of nitrogens with two attached hydrogens (primary N) is 1. The second-order valence-corrected chi connectivity index (χ2v) is 13.1. The van der Waals surface area contributed by atoms with E-state index in [4.69, 9.17) is 28.9 Å². The summed E-state index contributed by atoms with van der Waals surface area (Å²) in [7, 11) is 0. The van der Waals surface area contributed by atoms with Crippen LogP contribution < -0.4 is 26.4 Å². The second kappa shape index (κ2) is 11.5. The maximum Gasteiger partial charge on any atom is 0.573 e. The number of halogens is 6. The Bertz CT molecular complexity index is 1710. The molecule has 2 aliphatic rings. The number of primary amides is 1. The molecular weight excluding hydrogens is 639 g/mol. The molecule has 3 amide bonds. The van der Waals surface area contributed by atoms with E-state index in [0.717, 1.165) is 18.2 Å². The number of nitrogens with one attached hydrogen (secondary N) is 3. The van der Waals surface area contributed by atoms with Gasteiger partial charge in [0.15, 0.2) is 5.75 Å². The molecule has 5 rings (SSSR count). The van der Waals surface area contributed by atoms with Gasteiger partial charge in [-0.05, 0) is 59.4 Å². The number of carbonyl (C=O) groups is 3. The highest BCUT2D eigenvalue weighted by Crippen LogP contribution is 2.57. The Morgan fingerprint density at radius 3 is 2.42 bits per heavy atom. The largest absolute Gasteiger partial charge is 0.573 e. The van der Waals surface area contributed by atoms with E-state index in [2.05, 4.69) is 20.7 Å². The van der Waals surface area contributed by atoms with Crippen molar-refractivity contribution in [2.45, 2.75) is 57.0 Å². The molecule has 8 nitrogen and oxygen atoms in total. The van der Waals surface area contributed by atoms with E-state index in [1.54, 1.807) is 18.2 Å². The van der Waals surface area contributed by atoms with Crippen molar-refractivity contribution in [1.29, 1.82) is 0 Å². The summed E-state index contributed by atoms with van der Waals surface area (Å²) >= 11 is 12.4. The van der Waals surface area contributed by atoms with Crippen LogP contribution in [0.4, 0.5) is 28.9 Å². The molecule has 1 spiro atoms. The molecule has 2 heterocycles. The molecule has 238 valence electrons. The van der Waals surface area contributed by atoms with E-state index in [9.17, 15) is 27.6 Å². The highest BCUT2D eigenvalue weighted by Gasteiger charge is 2.66. The third-order valence-electron chi connectivity index (χ3n) is 7.97. The standard InChI is InChI=1S/C31H28Cl2F4N4O4/c1-29(2,3)13-22-30(17-9-8-15(32)12-20(17)40-28(30)44)23(16-5-4-6-18(33)24(16)34)25(41-22)27(43)39-19-10-7-14(26(38)42)11-21(19)45-31(35,36)37/h4-12,22-23,25,41H,13H2,1-3H3,(H2,38,42)(H,39,43)(H,40,44). The van der Waals surface area contributed by atoms with Crippen LogP contribution in [0.1, 0.15) is 54.6 Å². The monoisotopic (exact) mass is 666 g/mol. The van der Waals surface area contributed by atoms with Gasteiger partial charge in [-0.3, -0.25) is 14.4 Å². The lowest BCUT2D eigenvalue weighted by Crippen LogP contribution is -2.49. The fraction of sp³-hybridized carbons (Fsp3) is 0.323. The van der Waals surface area contributed by atoms with Gasteiger partial charge in [0.05, 0.1) is 16.8 Å². The van der Waals surface area contributed by atoms with Gasteiger partial charge in [0.25, 0.3) is 0 Å². The van der Waals surface area contributed by atoms with E-state index in [-0.39, 0.29) is 16.1 Å². The molecule has 0 saturated carbocycles. The molecular formula is C31H28Cl2F4N4O4. The van der Waals surface area contributed by atoms with Crippen LogP contribution in [-0.2, 0) is 15.0 Å². The molecule has 14 heteroatoms. The van der Waals surface area contributed by atoms with Crippen LogP contribution >= 0.6 is 23.2 Å². The van der Waals surface area contributed by atoms with Crippen molar-refractivity contribution < 1.29 is 36.7 Å². The summed E-state index contributed by atoms with van der Waals surface area (Å²) in [6, 6.07) is 9.72. The molecule has 1 fully saturated rings. The van der Waals surface area contributed by atoms with Gasteiger partial charge in [0.2, 0.25) is 17.7 Å². The lowest BCUT2D eigenvalue weighted by molar-refractivity contribution is -0.274. The quantitative estimate of drug-likeness (QED) is 0.223. The molecule has 3 aromatic rings. The average molecular weight is 667 g/mol. The topological polar surface area (TPSA) is 123 Å². The zero-order chi connectivity index (χ0) is 33.1. The van der Waals surface area contributed by atoms with E-state index >= 15 is 4.39 Å². The number of fused-ring (bicyclic) bond motifs is 2. The van der Waals surface area contributed by atoms with Gasteiger partial charge in [-0.25, -0.2) is 4.39 Å². The summed E-state index contributed by atoms with van der Waals surface area (Å²) in [5.74, 6) is -5.44. The zero-order valence-electron chi connectivity index (χ0n) is 24.1. The van der Waals surface area contributed by atoms with Crippen LogP contribution in [0.15, 0.2) is 54.6 Å². The highest BCUT2D eigenvalue weighted by molar-refractivity contribution is 6.31. The number of benzene rings is 3. The minimum absolute atomic E-state index is 0.0552. The predicted octanol–water partition coefficient (Wildman–Crippen LogP) is 6.52. The van der Waals surface area contributed by atoms with Gasteiger partial charge < -0.3 is 26.4 Å². The Labute approximate surface area is 265 Å². The number of rotatable bonds is 6. The van der Waals surface area contributed by atoms with Crippen molar-refractivity contribution in [3.8, 4) is 5.75 Å². The number of carbonyl (C=O) groups excluding carboxylic acids is 3. The summed E-state index contributed by atoms with van der Waals surface area (Å²) in [4.78, 5) is 40.0. The van der Waals surface area contributed by atoms with E-state index in [1.165, 1.54) is 18.2 Å². The molecule has 3 aromatic carbocycles. The molecule has 5 N–H and O–H groups in total. The minimum Gasteiger partial charge on any atom is -0.404 e. The summed E-state index contributed by atoms with van der Waals surface area (Å²) < 4.78 is 59.9. The Morgan fingerprint density at radius 1 is 1.07 bits per heavy atom. The number of amides is 3. The van der Waals surface area contributed by atoms with Crippen LogP contribution in [0.25, 0.3) is 0 Å². The van der Waals surface area contributed by atoms with Crippen molar-refractivity contribution in [1.82, 2.24) is 5.32 Å². The van der Waals surface area contributed by atoms with Gasteiger partial charge in [0, 0.05) is 28.2 Å². The number of hydrogen-bond acceptors (Lipinski definition) is 5. The van der Waals surface area contributed by atoms with Gasteiger partial charge in [0.1, 0.15) is 11.2 Å². The van der Waals surface area contributed by atoms with E-state index in [1.807, 2.05) is 20.8 Å². The summed E-state index contributed by atoms with van der Waals surface area (Å²) in [5.41, 5.74) is 3.29.